The monoisotopic (exact) mass is 474 g/mol. The first kappa shape index (κ1) is 21.2. The van der Waals surface area contributed by atoms with E-state index in [2.05, 4.69) is 20.5 Å². The van der Waals surface area contributed by atoms with E-state index in [-0.39, 0.29) is 5.91 Å². The summed E-state index contributed by atoms with van der Waals surface area (Å²) in [6.07, 6.45) is 3.33. The molecule has 0 spiro atoms. The molecular weight excluding hydrogens is 456 g/mol. The topological polar surface area (TPSA) is 90.1 Å². The summed E-state index contributed by atoms with van der Waals surface area (Å²) in [5.41, 5.74) is 2.15. The predicted molar refractivity (Wildman–Crippen MR) is 129 cm³/mol. The highest BCUT2D eigenvalue weighted by molar-refractivity contribution is 8.00. The molecule has 1 amide bonds. The Morgan fingerprint density at radius 2 is 1.79 bits per heavy atom. The number of nitrogens with one attached hydrogen (secondary N) is 1. The lowest BCUT2D eigenvalue weighted by Crippen LogP contribution is -2.12. The summed E-state index contributed by atoms with van der Waals surface area (Å²) in [7, 11) is 0. The standard InChI is InChI=1S/C24H18N4O3S2/c1-15-27-28-24(33-15)32-14-20-19-4-2-3-5-21(19)31-22(20)23(29)26-16-6-8-17(9-7-16)30-18-10-12-25-13-11-18/h2-13H,14H2,1H3,(H,26,29). The first-order valence-corrected chi connectivity index (χ1v) is 11.9. The van der Waals surface area contributed by atoms with E-state index in [1.165, 1.54) is 23.1 Å². The Kier molecular flexibility index (Phi) is 6.05. The van der Waals surface area contributed by atoms with Crippen LogP contribution in [-0.4, -0.2) is 21.1 Å². The zero-order valence-corrected chi connectivity index (χ0v) is 19.2. The van der Waals surface area contributed by atoms with Gasteiger partial charge in [0.2, 0.25) is 0 Å². The summed E-state index contributed by atoms with van der Waals surface area (Å²) in [6, 6.07) is 18.4. The number of ether oxygens (including phenoxy) is 1. The Balaban J connectivity index is 1.34. The molecular formula is C24H18N4O3S2. The highest BCUT2D eigenvalue weighted by Gasteiger charge is 2.21. The fourth-order valence-corrected chi connectivity index (χ4v) is 5.08. The minimum Gasteiger partial charge on any atom is -0.457 e. The average Bonchev–Trinajstić information content (AvgIpc) is 3.43. The number of aryl methyl sites for hydroxylation is 1. The van der Waals surface area contributed by atoms with Gasteiger partial charge in [0.15, 0.2) is 10.1 Å². The molecule has 0 saturated carbocycles. The van der Waals surface area contributed by atoms with Crippen LogP contribution < -0.4 is 10.1 Å². The Hall–Kier alpha value is -3.69. The lowest BCUT2D eigenvalue weighted by atomic mass is 10.1. The smallest absolute Gasteiger partial charge is 0.291 e. The van der Waals surface area contributed by atoms with Gasteiger partial charge in [0.1, 0.15) is 22.1 Å². The van der Waals surface area contributed by atoms with Crippen LogP contribution in [0.25, 0.3) is 11.0 Å². The third-order valence-electron chi connectivity index (χ3n) is 4.75. The second-order valence-electron chi connectivity index (χ2n) is 7.05. The minimum absolute atomic E-state index is 0.294. The molecule has 9 heteroatoms. The number of nitrogens with zero attached hydrogens (tertiary/aromatic N) is 3. The minimum atomic E-state index is -0.307. The van der Waals surface area contributed by atoms with Gasteiger partial charge in [0.05, 0.1) is 0 Å². The van der Waals surface area contributed by atoms with E-state index in [1.807, 2.05) is 31.2 Å². The number of thioether (sulfide) groups is 1. The van der Waals surface area contributed by atoms with Crippen LogP contribution in [0.2, 0.25) is 0 Å². The van der Waals surface area contributed by atoms with Crippen molar-refractivity contribution in [3.8, 4) is 11.5 Å². The van der Waals surface area contributed by atoms with E-state index in [0.717, 1.165) is 20.3 Å². The van der Waals surface area contributed by atoms with E-state index in [0.29, 0.717) is 34.3 Å². The summed E-state index contributed by atoms with van der Waals surface area (Å²) in [6.45, 7) is 1.92. The van der Waals surface area contributed by atoms with Gasteiger partial charge in [-0.25, -0.2) is 0 Å². The van der Waals surface area contributed by atoms with Gasteiger partial charge < -0.3 is 14.5 Å². The molecule has 3 aromatic heterocycles. The van der Waals surface area contributed by atoms with Crippen molar-refractivity contribution in [1.29, 1.82) is 0 Å². The largest absolute Gasteiger partial charge is 0.457 e. The van der Waals surface area contributed by atoms with Crippen molar-refractivity contribution in [2.75, 3.05) is 5.32 Å². The summed E-state index contributed by atoms with van der Waals surface area (Å²) in [5, 5.41) is 13.0. The molecule has 0 aliphatic carbocycles. The van der Waals surface area contributed by atoms with E-state index in [4.69, 9.17) is 9.15 Å². The fourth-order valence-electron chi connectivity index (χ4n) is 3.23. The SMILES string of the molecule is Cc1nnc(SCc2c(C(=O)Nc3ccc(Oc4ccncc4)cc3)oc3ccccc23)s1. The molecule has 0 aliphatic heterocycles. The molecule has 0 radical (unpaired) electrons. The van der Waals surface area contributed by atoms with Gasteiger partial charge in [-0.05, 0) is 49.4 Å². The molecule has 0 saturated heterocycles. The third-order valence-corrected chi connectivity index (χ3v) is 6.75. The van der Waals surface area contributed by atoms with Crippen LogP contribution in [0.15, 0.2) is 81.8 Å². The summed E-state index contributed by atoms with van der Waals surface area (Å²) in [4.78, 5) is 17.1. The van der Waals surface area contributed by atoms with Crippen molar-refractivity contribution in [1.82, 2.24) is 15.2 Å². The second-order valence-corrected chi connectivity index (χ2v) is 9.45. The normalized spacial score (nSPS) is 10.9. The number of amides is 1. The Morgan fingerprint density at radius 3 is 2.55 bits per heavy atom. The molecule has 0 fully saturated rings. The molecule has 2 aromatic carbocycles. The van der Waals surface area contributed by atoms with E-state index < -0.39 is 0 Å². The van der Waals surface area contributed by atoms with Gasteiger partial charge >= 0.3 is 0 Å². The number of aromatic nitrogens is 3. The molecule has 3 heterocycles. The van der Waals surface area contributed by atoms with Gasteiger partial charge in [-0.2, -0.15) is 0 Å². The number of pyridine rings is 1. The quantitative estimate of drug-likeness (QED) is 0.276. The van der Waals surface area contributed by atoms with Crippen LogP contribution in [0.1, 0.15) is 21.1 Å². The maximum absolute atomic E-state index is 13.1. The third kappa shape index (κ3) is 4.89. The van der Waals surface area contributed by atoms with Crippen LogP contribution >= 0.6 is 23.1 Å². The molecule has 7 nitrogen and oxygen atoms in total. The van der Waals surface area contributed by atoms with Gasteiger partial charge in [0, 0.05) is 34.8 Å². The Labute approximate surface area is 197 Å². The van der Waals surface area contributed by atoms with Crippen molar-refractivity contribution in [3.63, 3.8) is 0 Å². The van der Waals surface area contributed by atoms with Crippen LogP contribution in [0.3, 0.4) is 0 Å². The fraction of sp³-hybridized carbons (Fsp3) is 0.0833. The first-order valence-electron chi connectivity index (χ1n) is 10.1. The van der Waals surface area contributed by atoms with Gasteiger partial charge in [0.25, 0.3) is 5.91 Å². The van der Waals surface area contributed by atoms with Gasteiger partial charge in [-0.3, -0.25) is 9.78 Å². The number of para-hydroxylation sites is 1. The molecule has 1 N–H and O–H groups in total. The number of rotatable bonds is 7. The zero-order valence-electron chi connectivity index (χ0n) is 17.5. The van der Waals surface area contributed by atoms with Crippen molar-refractivity contribution in [2.24, 2.45) is 0 Å². The molecule has 5 rings (SSSR count). The van der Waals surface area contributed by atoms with Crippen molar-refractivity contribution in [2.45, 2.75) is 17.0 Å². The molecule has 0 bridgehead atoms. The number of fused-ring (bicyclic) bond motifs is 1. The molecule has 33 heavy (non-hydrogen) atoms. The highest BCUT2D eigenvalue weighted by atomic mass is 32.2. The first-order chi connectivity index (χ1) is 16.2. The summed E-state index contributed by atoms with van der Waals surface area (Å²) >= 11 is 3.07. The number of hydrogen-bond acceptors (Lipinski definition) is 8. The van der Waals surface area contributed by atoms with Gasteiger partial charge in [-0.1, -0.05) is 41.3 Å². The predicted octanol–water partition coefficient (Wildman–Crippen LogP) is 6.32. The van der Waals surface area contributed by atoms with Crippen LogP contribution in [0.4, 0.5) is 5.69 Å². The highest BCUT2D eigenvalue weighted by Crippen LogP contribution is 2.33. The van der Waals surface area contributed by atoms with Crippen LogP contribution in [-0.2, 0) is 5.75 Å². The number of carbonyl (C=O) groups excluding carboxylic acids is 1. The van der Waals surface area contributed by atoms with Crippen LogP contribution in [0.5, 0.6) is 11.5 Å². The summed E-state index contributed by atoms with van der Waals surface area (Å²) < 4.78 is 12.6. The van der Waals surface area contributed by atoms with Crippen molar-refractivity contribution < 1.29 is 13.9 Å². The van der Waals surface area contributed by atoms with Crippen molar-refractivity contribution >= 4 is 45.7 Å². The average molecular weight is 475 g/mol. The lowest BCUT2D eigenvalue weighted by Gasteiger charge is -2.08. The lowest BCUT2D eigenvalue weighted by molar-refractivity contribution is 0.0998. The van der Waals surface area contributed by atoms with Crippen molar-refractivity contribution in [3.05, 3.63) is 89.4 Å². The van der Waals surface area contributed by atoms with Gasteiger partial charge in [-0.15, -0.1) is 10.2 Å². The number of carbonyl (C=O) groups is 1. The summed E-state index contributed by atoms with van der Waals surface area (Å²) in [5.74, 6) is 1.89. The molecule has 0 atom stereocenters. The maximum atomic E-state index is 13.1. The van der Waals surface area contributed by atoms with E-state index >= 15 is 0 Å². The Bertz CT molecular complexity index is 1400. The molecule has 0 unspecified atom stereocenters. The molecule has 0 aliphatic rings. The van der Waals surface area contributed by atoms with Crippen LogP contribution in [0, 0.1) is 6.92 Å². The second kappa shape index (κ2) is 9.43. The number of furan rings is 1. The number of anilines is 1. The molecule has 5 aromatic rings. The number of benzene rings is 2. The Morgan fingerprint density at radius 1 is 1.03 bits per heavy atom. The maximum Gasteiger partial charge on any atom is 0.291 e. The van der Waals surface area contributed by atoms with E-state index in [1.54, 1.807) is 48.8 Å². The van der Waals surface area contributed by atoms with E-state index in [9.17, 15) is 4.79 Å². The zero-order chi connectivity index (χ0) is 22.6. The molecule has 164 valence electrons. The number of hydrogen-bond donors (Lipinski definition) is 1.